The molecule has 0 aliphatic carbocycles. The van der Waals surface area contributed by atoms with Crippen LogP contribution in [0.3, 0.4) is 0 Å². The van der Waals surface area contributed by atoms with Gasteiger partial charge in [0.1, 0.15) is 5.82 Å². The number of likely N-dealkylation sites (N-methyl/N-ethyl adjacent to an activating group) is 1. The van der Waals surface area contributed by atoms with Gasteiger partial charge in [0.2, 0.25) is 0 Å². The molecule has 2 nitrogen and oxygen atoms in total. The first-order valence-electron chi connectivity index (χ1n) is 5.82. The van der Waals surface area contributed by atoms with E-state index < -0.39 is 0 Å². The lowest BCUT2D eigenvalue weighted by Crippen LogP contribution is -2.20. The standard InChI is InChI=1S/C14H13Cl2FN2/c1-18-14(11-4-5-19-8-13(11)17)6-9-2-3-10(15)7-12(9)16/h2-5,7-8,14,18H,6H2,1H3. The van der Waals surface area contributed by atoms with Crippen molar-refractivity contribution in [3.63, 3.8) is 0 Å². The zero-order valence-corrected chi connectivity index (χ0v) is 11.8. The van der Waals surface area contributed by atoms with Crippen LogP contribution in [0, 0.1) is 5.82 Å². The smallest absolute Gasteiger partial charge is 0.146 e. The molecule has 0 fully saturated rings. The largest absolute Gasteiger partial charge is 0.313 e. The molecule has 0 bridgehead atoms. The van der Waals surface area contributed by atoms with Crippen LogP contribution >= 0.6 is 23.2 Å². The minimum atomic E-state index is -0.327. The summed E-state index contributed by atoms with van der Waals surface area (Å²) in [5, 5.41) is 4.26. The Bertz CT molecular complexity index is 575. The topological polar surface area (TPSA) is 24.9 Å². The van der Waals surface area contributed by atoms with Gasteiger partial charge in [0, 0.05) is 27.8 Å². The van der Waals surface area contributed by atoms with Crippen molar-refractivity contribution in [3.05, 3.63) is 63.6 Å². The van der Waals surface area contributed by atoms with Crippen molar-refractivity contribution in [1.29, 1.82) is 0 Å². The molecule has 5 heteroatoms. The van der Waals surface area contributed by atoms with Crippen LogP contribution in [0.4, 0.5) is 4.39 Å². The van der Waals surface area contributed by atoms with Gasteiger partial charge in [-0.2, -0.15) is 0 Å². The van der Waals surface area contributed by atoms with E-state index in [4.69, 9.17) is 23.2 Å². The molecule has 1 aromatic carbocycles. The van der Waals surface area contributed by atoms with Gasteiger partial charge in [-0.1, -0.05) is 29.3 Å². The highest BCUT2D eigenvalue weighted by molar-refractivity contribution is 6.35. The molecule has 0 aliphatic heterocycles. The Morgan fingerprint density at radius 1 is 1.32 bits per heavy atom. The van der Waals surface area contributed by atoms with Crippen molar-refractivity contribution in [1.82, 2.24) is 10.3 Å². The SMILES string of the molecule is CNC(Cc1ccc(Cl)cc1Cl)c1ccncc1F. The number of nitrogens with one attached hydrogen (secondary N) is 1. The number of pyridine rings is 1. The quantitative estimate of drug-likeness (QED) is 0.922. The second-order valence-electron chi connectivity index (χ2n) is 4.18. The lowest BCUT2D eigenvalue weighted by atomic mass is 9.99. The zero-order valence-electron chi connectivity index (χ0n) is 10.3. The van der Waals surface area contributed by atoms with Crippen LogP contribution in [-0.2, 0) is 6.42 Å². The van der Waals surface area contributed by atoms with E-state index in [1.165, 1.54) is 6.20 Å². The highest BCUT2D eigenvalue weighted by Crippen LogP contribution is 2.26. The fourth-order valence-electron chi connectivity index (χ4n) is 1.94. The van der Waals surface area contributed by atoms with Gasteiger partial charge < -0.3 is 5.32 Å². The number of aromatic nitrogens is 1. The average molecular weight is 299 g/mol. The zero-order chi connectivity index (χ0) is 13.8. The van der Waals surface area contributed by atoms with Crippen LogP contribution in [-0.4, -0.2) is 12.0 Å². The van der Waals surface area contributed by atoms with Gasteiger partial charge in [-0.3, -0.25) is 4.98 Å². The fraction of sp³-hybridized carbons (Fsp3) is 0.214. The number of nitrogens with zero attached hydrogens (tertiary/aromatic N) is 1. The summed E-state index contributed by atoms with van der Waals surface area (Å²) in [7, 11) is 1.79. The molecule has 2 aromatic rings. The summed E-state index contributed by atoms with van der Waals surface area (Å²) >= 11 is 12.0. The Morgan fingerprint density at radius 3 is 2.74 bits per heavy atom. The molecule has 1 unspecified atom stereocenters. The molecule has 0 aliphatic rings. The van der Waals surface area contributed by atoms with E-state index in [0.29, 0.717) is 22.0 Å². The second kappa shape index (κ2) is 6.33. The van der Waals surface area contributed by atoms with Gasteiger partial charge >= 0.3 is 0 Å². The van der Waals surface area contributed by atoms with Crippen LogP contribution < -0.4 is 5.32 Å². The summed E-state index contributed by atoms with van der Waals surface area (Å²) in [4.78, 5) is 3.75. The van der Waals surface area contributed by atoms with Gasteiger partial charge in [0.25, 0.3) is 0 Å². The maximum Gasteiger partial charge on any atom is 0.146 e. The third kappa shape index (κ3) is 3.44. The normalized spacial score (nSPS) is 12.4. The first kappa shape index (κ1) is 14.3. The Kier molecular flexibility index (Phi) is 4.75. The molecule has 0 saturated carbocycles. The van der Waals surface area contributed by atoms with Crippen LogP contribution in [0.5, 0.6) is 0 Å². The van der Waals surface area contributed by atoms with Gasteiger partial charge in [-0.05, 0) is 37.2 Å². The number of hydrogen-bond donors (Lipinski definition) is 1. The monoisotopic (exact) mass is 298 g/mol. The summed E-state index contributed by atoms with van der Waals surface area (Å²) in [6.45, 7) is 0. The van der Waals surface area contributed by atoms with E-state index >= 15 is 0 Å². The Hall–Kier alpha value is -1.16. The Labute approximate surface area is 121 Å². The molecule has 1 aromatic heterocycles. The van der Waals surface area contributed by atoms with E-state index in [0.717, 1.165) is 5.56 Å². The van der Waals surface area contributed by atoms with Crippen LogP contribution in [0.25, 0.3) is 0 Å². The average Bonchev–Trinajstić information content (AvgIpc) is 2.39. The fourth-order valence-corrected chi connectivity index (χ4v) is 2.43. The minimum absolute atomic E-state index is 0.165. The molecule has 1 atom stereocenters. The van der Waals surface area contributed by atoms with Gasteiger partial charge in [-0.25, -0.2) is 4.39 Å². The molecule has 1 heterocycles. The van der Waals surface area contributed by atoms with Crippen LogP contribution in [0.1, 0.15) is 17.2 Å². The van der Waals surface area contributed by atoms with Crippen molar-refractivity contribution < 1.29 is 4.39 Å². The summed E-state index contributed by atoms with van der Waals surface area (Å²) in [6.07, 6.45) is 3.36. The summed E-state index contributed by atoms with van der Waals surface area (Å²) in [5.41, 5.74) is 1.49. The number of halogens is 3. The molecule has 0 radical (unpaired) electrons. The van der Waals surface area contributed by atoms with E-state index in [1.807, 2.05) is 6.07 Å². The van der Waals surface area contributed by atoms with Crippen molar-refractivity contribution >= 4 is 23.2 Å². The molecule has 100 valence electrons. The third-order valence-corrected chi connectivity index (χ3v) is 3.55. The Balaban J connectivity index is 2.27. The lowest BCUT2D eigenvalue weighted by molar-refractivity contribution is 0.530. The van der Waals surface area contributed by atoms with Gasteiger partial charge in [0.15, 0.2) is 0 Å². The minimum Gasteiger partial charge on any atom is -0.313 e. The van der Waals surface area contributed by atoms with E-state index in [1.54, 1.807) is 31.4 Å². The third-order valence-electron chi connectivity index (χ3n) is 2.97. The molecular formula is C14H13Cl2FN2. The molecule has 0 spiro atoms. The second-order valence-corrected chi connectivity index (χ2v) is 5.02. The highest BCUT2D eigenvalue weighted by Gasteiger charge is 2.16. The van der Waals surface area contributed by atoms with Gasteiger partial charge in [-0.15, -0.1) is 0 Å². The highest BCUT2D eigenvalue weighted by atomic mass is 35.5. The summed E-state index contributed by atoms with van der Waals surface area (Å²) in [5.74, 6) is -0.327. The van der Waals surface area contributed by atoms with Crippen molar-refractivity contribution in [2.24, 2.45) is 0 Å². The molecular weight excluding hydrogens is 286 g/mol. The maximum atomic E-state index is 13.7. The lowest BCUT2D eigenvalue weighted by Gasteiger charge is -2.18. The van der Waals surface area contributed by atoms with E-state index in [2.05, 4.69) is 10.3 Å². The molecule has 1 N–H and O–H groups in total. The van der Waals surface area contributed by atoms with Gasteiger partial charge in [0.05, 0.1) is 6.20 Å². The summed E-state index contributed by atoms with van der Waals surface area (Å²) in [6, 6.07) is 6.82. The Morgan fingerprint density at radius 2 is 2.11 bits per heavy atom. The van der Waals surface area contributed by atoms with Crippen LogP contribution in [0.15, 0.2) is 36.7 Å². The first-order chi connectivity index (χ1) is 9.11. The molecule has 0 saturated heterocycles. The van der Waals surface area contributed by atoms with Crippen molar-refractivity contribution in [2.45, 2.75) is 12.5 Å². The predicted octanol–water partition coefficient (Wildman–Crippen LogP) is 4.03. The first-order valence-corrected chi connectivity index (χ1v) is 6.58. The van der Waals surface area contributed by atoms with Crippen molar-refractivity contribution in [2.75, 3.05) is 7.05 Å². The molecule has 0 amide bonds. The maximum absolute atomic E-state index is 13.7. The predicted molar refractivity (Wildman–Crippen MR) is 76.2 cm³/mol. The van der Waals surface area contributed by atoms with E-state index in [-0.39, 0.29) is 11.9 Å². The number of rotatable bonds is 4. The number of benzene rings is 1. The molecule has 19 heavy (non-hydrogen) atoms. The van der Waals surface area contributed by atoms with Crippen LogP contribution in [0.2, 0.25) is 10.0 Å². The van der Waals surface area contributed by atoms with Crippen molar-refractivity contribution in [3.8, 4) is 0 Å². The number of hydrogen-bond acceptors (Lipinski definition) is 2. The van der Waals surface area contributed by atoms with E-state index in [9.17, 15) is 4.39 Å². The molecule has 2 rings (SSSR count). The summed E-state index contributed by atoms with van der Waals surface area (Å²) < 4.78 is 13.7.